The van der Waals surface area contributed by atoms with Crippen LogP contribution >= 0.6 is 11.6 Å². The highest BCUT2D eigenvalue weighted by Crippen LogP contribution is 2.39. The number of rotatable bonds is 5. The van der Waals surface area contributed by atoms with Crippen molar-refractivity contribution in [3.63, 3.8) is 0 Å². The maximum absolute atomic E-state index is 12.7. The van der Waals surface area contributed by atoms with Gasteiger partial charge in [0.2, 0.25) is 0 Å². The highest BCUT2D eigenvalue weighted by molar-refractivity contribution is 6.31. The monoisotopic (exact) mass is 531 g/mol. The standard InChI is InChI=1S/C31H36ClN4O2/c1-21-19-33-20-36(21)14-6-7-23-17-24-18-25(32)9-10-26(24)28(29-27(23)8-5-13-34-29)22-11-15-35(16-12-22)30(37)38-31(2,3)4/h5,8-10,13,17-20,22H,6-7,11-12,14-16H2,1-4H3/q+1. The lowest BCUT2D eigenvalue weighted by Crippen LogP contribution is -2.41. The third-order valence-corrected chi connectivity index (χ3v) is 7.60. The normalized spacial score (nSPS) is 14.8. The number of nitrogens with zero attached hydrogens (tertiary/aromatic N) is 4. The van der Waals surface area contributed by atoms with Crippen molar-refractivity contribution in [3.8, 4) is 0 Å². The maximum Gasteiger partial charge on any atom is 0.410 e. The lowest BCUT2D eigenvalue weighted by Gasteiger charge is -2.33. The molecule has 7 heteroatoms. The molecule has 1 aliphatic rings. The number of imidazole rings is 1. The minimum Gasteiger partial charge on any atom is -0.444 e. The van der Waals surface area contributed by atoms with Gasteiger partial charge in [0.05, 0.1) is 22.7 Å². The second-order valence-electron chi connectivity index (χ2n) is 11.3. The van der Waals surface area contributed by atoms with Gasteiger partial charge in [-0.15, -0.1) is 0 Å². The number of aryl methyl sites for hydroxylation is 3. The van der Waals surface area contributed by atoms with Crippen LogP contribution in [-0.2, 0) is 17.7 Å². The Labute approximate surface area is 229 Å². The van der Waals surface area contributed by atoms with Gasteiger partial charge in [-0.2, -0.15) is 0 Å². The second-order valence-corrected chi connectivity index (χ2v) is 11.7. The number of benzene rings is 1. The molecule has 6 nitrogen and oxygen atoms in total. The van der Waals surface area contributed by atoms with Crippen LogP contribution in [0, 0.1) is 6.92 Å². The first-order valence-corrected chi connectivity index (χ1v) is 13.8. The SMILES string of the molecule is Cc1cncn1CCCc1c[c+]2cc(Cl)ccc2c(C2CCN(C(=O)OC(C)(C)C)CC2)c2ncccc12. The molecule has 1 amide bonds. The third kappa shape index (κ3) is 5.75. The van der Waals surface area contributed by atoms with Gasteiger partial charge in [-0.3, -0.25) is 0 Å². The van der Waals surface area contributed by atoms with Gasteiger partial charge >= 0.3 is 6.09 Å². The predicted molar refractivity (Wildman–Crippen MR) is 154 cm³/mol. The topological polar surface area (TPSA) is 60.2 Å². The fraction of sp³-hybridized carbons (Fsp3) is 0.419. The molecule has 198 valence electrons. The zero-order valence-electron chi connectivity index (χ0n) is 22.7. The summed E-state index contributed by atoms with van der Waals surface area (Å²) in [5.41, 5.74) is 4.26. The van der Waals surface area contributed by atoms with Gasteiger partial charge in [-0.25, -0.2) is 14.8 Å². The average molecular weight is 532 g/mol. The summed E-state index contributed by atoms with van der Waals surface area (Å²) < 4.78 is 7.83. The van der Waals surface area contributed by atoms with E-state index in [9.17, 15) is 4.79 Å². The van der Waals surface area contributed by atoms with E-state index in [1.54, 1.807) is 0 Å². The molecule has 4 aromatic rings. The van der Waals surface area contributed by atoms with Crippen LogP contribution in [0.25, 0.3) is 21.7 Å². The van der Waals surface area contributed by atoms with E-state index in [2.05, 4.69) is 40.7 Å². The van der Waals surface area contributed by atoms with Crippen molar-refractivity contribution in [1.29, 1.82) is 0 Å². The Hall–Kier alpha value is -3.25. The Morgan fingerprint density at radius 1 is 1.18 bits per heavy atom. The highest BCUT2D eigenvalue weighted by Gasteiger charge is 2.31. The fourth-order valence-electron chi connectivity index (χ4n) is 5.53. The van der Waals surface area contributed by atoms with E-state index in [1.165, 1.54) is 27.6 Å². The molecule has 0 bridgehead atoms. The lowest BCUT2D eigenvalue weighted by molar-refractivity contribution is 0.0205. The molecule has 0 unspecified atom stereocenters. The van der Waals surface area contributed by atoms with Crippen LogP contribution in [0.5, 0.6) is 0 Å². The van der Waals surface area contributed by atoms with Gasteiger partial charge in [0.25, 0.3) is 0 Å². The number of hydrogen-bond acceptors (Lipinski definition) is 4. The first-order valence-electron chi connectivity index (χ1n) is 13.5. The maximum atomic E-state index is 12.7. The molecular formula is C31H36ClN4O2+. The van der Waals surface area contributed by atoms with Crippen LogP contribution in [0.3, 0.4) is 0 Å². The van der Waals surface area contributed by atoms with Crippen molar-refractivity contribution in [2.45, 2.75) is 71.4 Å². The molecule has 0 aliphatic carbocycles. The number of ether oxygens (including phenoxy) is 1. The summed E-state index contributed by atoms with van der Waals surface area (Å²) in [7, 11) is 0. The van der Waals surface area contributed by atoms with E-state index in [1.807, 2.05) is 56.5 Å². The van der Waals surface area contributed by atoms with E-state index < -0.39 is 5.60 Å². The molecule has 2 aromatic carbocycles. The highest BCUT2D eigenvalue weighted by atomic mass is 35.5. The van der Waals surface area contributed by atoms with Crippen molar-refractivity contribution in [1.82, 2.24) is 19.4 Å². The number of piperidine rings is 1. The predicted octanol–water partition coefficient (Wildman–Crippen LogP) is 7.57. The first kappa shape index (κ1) is 26.4. The van der Waals surface area contributed by atoms with Crippen LogP contribution in [0.15, 0.2) is 55.1 Å². The molecule has 3 heterocycles. The van der Waals surface area contributed by atoms with Crippen LogP contribution in [0.2, 0.25) is 5.02 Å². The Morgan fingerprint density at radius 3 is 2.68 bits per heavy atom. The van der Waals surface area contributed by atoms with Crippen molar-refractivity contribution in [2.24, 2.45) is 0 Å². The van der Waals surface area contributed by atoms with Crippen LogP contribution < -0.4 is 0 Å². The molecule has 2 aromatic heterocycles. The van der Waals surface area contributed by atoms with Gasteiger partial charge < -0.3 is 14.2 Å². The van der Waals surface area contributed by atoms with Crippen LogP contribution in [0.1, 0.15) is 62.8 Å². The Morgan fingerprint density at radius 2 is 1.97 bits per heavy atom. The van der Waals surface area contributed by atoms with E-state index >= 15 is 0 Å². The van der Waals surface area contributed by atoms with E-state index in [-0.39, 0.29) is 12.0 Å². The zero-order chi connectivity index (χ0) is 26.9. The zero-order valence-corrected chi connectivity index (χ0v) is 23.5. The molecular weight excluding hydrogens is 496 g/mol. The molecule has 1 aliphatic heterocycles. The number of carbonyl (C=O) groups excluding carboxylic acids is 1. The van der Waals surface area contributed by atoms with E-state index in [0.717, 1.165) is 48.2 Å². The van der Waals surface area contributed by atoms with Gasteiger partial charge in [-0.1, -0.05) is 0 Å². The number of hydrogen-bond donors (Lipinski definition) is 0. The molecule has 5 rings (SSSR count). The summed E-state index contributed by atoms with van der Waals surface area (Å²) >= 11 is 6.50. The Balaban J connectivity index is 1.51. The minimum absolute atomic E-state index is 0.232. The smallest absolute Gasteiger partial charge is 0.410 e. The number of amides is 1. The Kier molecular flexibility index (Phi) is 7.53. The van der Waals surface area contributed by atoms with Crippen molar-refractivity contribution in [2.75, 3.05) is 13.1 Å². The molecule has 0 radical (unpaired) electrons. The molecule has 1 saturated heterocycles. The lowest BCUT2D eigenvalue weighted by atomic mass is 9.86. The summed E-state index contributed by atoms with van der Waals surface area (Å²) in [5.74, 6) is 0.281. The molecule has 1 fully saturated rings. The fourth-order valence-corrected chi connectivity index (χ4v) is 5.71. The average Bonchev–Trinajstić information content (AvgIpc) is 3.23. The van der Waals surface area contributed by atoms with Gasteiger partial charge in [-0.05, 0) is 70.7 Å². The van der Waals surface area contributed by atoms with Gasteiger partial charge in [0.1, 0.15) is 16.1 Å². The number of halogens is 1. The van der Waals surface area contributed by atoms with Crippen molar-refractivity contribution < 1.29 is 9.53 Å². The summed E-state index contributed by atoms with van der Waals surface area (Å²) in [5, 5.41) is 4.23. The minimum atomic E-state index is -0.496. The summed E-state index contributed by atoms with van der Waals surface area (Å²) in [4.78, 5) is 23.7. The molecule has 0 saturated carbocycles. The second kappa shape index (κ2) is 10.9. The van der Waals surface area contributed by atoms with Crippen molar-refractivity contribution in [3.05, 3.63) is 77.0 Å². The van der Waals surface area contributed by atoms with Crippen LogP contribution in [-0.4, -0.2) is 44.2 Å². The van der Waals surface area contributed by atoms with Gasteiger partial charge in [0.15, 0.2) is 0 Å². The van der Waals surface area contributed by atoms with Crippen molar-refractivity contribution >= 4 is 39.4 Å². The Bertz CT molecular complexity index is 1470. The summed E-state index contributed by atoms with van der Waals surface area (Å²) in [6, 6.07) is 12.7. The van der Waals surface area contributed by atoms with E-state index in [0.29, 0.717) is 13.1 Å². The van der Waals surface area contributed by atoms with Crippen LogP contribution in [0.4, 0.5) is 4.79 Å². The molecule has 0 spiro atoms. The molecule has 0 N–H and O–H groups in total. The number of likely N-dealkylation sites (tertiary alicyclic amines) is 1. The summed E-state index contributed by atoms with van der Waals surface area (Å²) in [6.07, 6.45) is 9.11. The summed E-state index contributed by atoms with van der Waals surface area (Å²) in [6.45, 7) is 10.1. The number of aromatic nitrogens is 3. The molecule has 38 heavy (non-hydrogen) atoms. The quantitative estimate of drug-likeness (QED) is 0.249. The molecule has 0 atom stereocenters. The first-order chi connectivity index (χ1) is 18.2. The third-order valence-electron chi connectivity index (χ3n) is 7.36. The number of carbonyl (C=O) groups is 1. The number of fused-ring (bicyclic) bond motifs is 2. The number of pyridine rings is 1. The van der Waals surface area contributed by atoms with E-state index in [4.69, 9.17) is 21.3 Å². The largest absolute Gasteiger partial charge is 0.444 e. The van der Waals surface area contributed by atoms with Gasteiger partial charge in [0, 0.05) is 85.3 Å².